The Hall–Kier alpha value is -0.480. The molecule has 0 bridgehead atoms. The van der Waals surface area contributed by atoms with E-state index in [2.05, 4.69) is 23.6 Å². The third-order valence-corrected chi connectivity index (χ3v) is 4.75. The number of thiophene rings is 1. The summed E-state index contributed by atoms with van der Waals surface area (Å²) in [4.78, 5) is 0. The van der Waals surface area contributed by atoms with Crippen LogP contribution in [-0.2, 0) is 12.3 Å². The molecule has 0 spiro atoms. The van der Waals surface area contributed by atoms with Crippen molar-refractivity contribution in [1.82, 2.24) is 0 Å². The summed E-state index contributed by atoms with van der Waals surface area (Å²) in [6, 6.07) is 10.2. The van der Waals surface area contributed by atoms with Crippen LogP contribution in [0.5, 0.6) is 0 Å². The van der Waals surface area contributed by atoms with Crippen LogP contribution >= 0.6 is 34.7 Å². The molecule has 0 aliphatic carbocycles. The third-order valence-electron chi connectivity index (χ3n) is 2.22. The van der Waals surface area contributed by atoms with Crippen molar-refractivity contribution in [3.63, 3.8) is 0 Å². The zero-order valence-electron chi connectivity index (χ0n) is 8.65. The van der Waals surface area contributed by atoms with Gasteiger partial charge >= 0.3 is 0 Å². The van der Waals surface area contributed by atoms with Crippen LogP contribution in [0.1, 0.15) is 11.1 Å². The van der Waals surface area contributed by atoms with Gasteiger partial charge in [-0.15, -0.1) is 23.1 Å². The van der Waals surface area contributed by atoms with E-state index in [9.17, 15) is 0 Å². The minimum absolute atomic E-state index is 0.540. The molecular weight excluding hydrogens is 258 g/mol. The minimum atomic E-state index is 0.540. The minimum Gasteiger partial charge on any atom is -0.326 e. The quantitative estimate of drug-likeness (QED) is 0.844. The molecule has 1 aromatic carbocycles. The van der Waals surface area contributed by atoms with Crippen molar-refractivity contribution < 1.29 is 0 Å². The highest BCUT2D eigenvalue weighted by molar-refractivity contribution is 8.00. The first kappa shape index (κ1) is 12.0. The molecule has 0 saturated heterocycles. The van der Waals surface area contributed by atoms with E-state index in [1.807, 2.05) is 23.9 Å². The molecule has 1 nitrogen and oxygen atoms in total. The fourth-order valence-corrected chi connectivity index (χ4v) is 3.47. The zero-order chi connectivity index (χ0) is 11.4. The first-order chi connectivity index (χ1) is 7.79. The Balaban J connectivity index is 2.04. The SMILES string of the molecule is NCc1ccc(CSc2cccs2)c(Cl)c1. The summed E-state index contributed by atoms with van der Waals surface area (Å²) in [5.74, 6) is 0.907. The molecule has 2 N–H and O–H groups in total. The van der Waals surface area contributed by atoms with Crippen molar-refractivity contribution in [1.29, 1.82) is 0 Å². The lowest BCUT2D eigenvalue weighted by Crippen LogP contribution is -1.96. The van der Waals surface area contributed by atoms with Crippen molar-refractivity contribution in [2.24, 2.45) is 5.73 Å². The summed E-state index contributed by atoms with van der Waals surface area (Å²) < 4.78 is 1.32. The van der Waals surface area contributed by atoms with E-state index in [0.29, 0.717) is 6.54 Å². The number of hydrogen-bond acceptors (Lipinski definition) is 3. The van der Waals surface area contributed by atoms with Crippen LogP contribution in [0.25, 0.3) is 0 Å². The van der Waals surface area contributed by atoms with Crippen LogP contribution in [0.15, 0.2) is 39.9 Å². The Kier molecular flexibility index (Phi) is 4.29. The highest BCUT2D eigenvalue weighted by atomic mass is 35.5. The van der Waals surface area contributed by atoms with Crippen molar-refractivity contribution in [3.8, 4) is 0 Å². The number of halogens is 1. The number of nitrogens with two attached hydrogens (primary N) is 1. The Morgan fingerprint density at radius 3 is 2.81 bits per heavy atom. The number of benzene rings is 1. The Morgan fingerprint density at radius 2 is 2.19 bits per heavy atom. The van der Waals surface area contributed by atoms with Gasteiger partial charge in [-0.1, -0.05) is 29.8 Å². The molecule has 0 aliphatic heterocycles. The average Bonchev–Trinajstić information content (AvgIpc) is 2.80. The topological polar surface area (TPSA) is 26.0 Å². The maximum absolute atomic E-state index is 6.18. The van der Waals surface area contributed by atoms with Gasteiger partial charge in [0.15, 0.2) is 0 Å². The summed E-state index contributed by atoms with van der Waals surface area (Å²) in [6.07, 6.45) is 0. The molecular formula is C12H12ClNS2. The Labute approximate surface area is 109 Å². The molecule has 0 amide bonds. The molecule has 0 atom stereocenters. The van der Waals surface area contributed by atoms with Gasteiger partial charge in [-0.05, 0) is 28.6 Å². The lowest BCUT2D eigenvalue weighted by Gasteiger charge is -2.05. The van der Waals surface area contributed by atoms with Crippen LogP contribution in [-0.4, -0.2) is 0 Å². The average molecular weight is 270 g/mol. The van der Waals surface area contributed by atoms with E-state index < -0.39 is 0 Å². The fraction of sp³-hybridized carbons (Fsp3) is 0.167. The first-order valence-electron chi connectivity index (χ1n) is 4.93. The predicted octanol–water partition coefficient (Wildman–Crippen LogP) is 4.15. The molecule has 0 fully saturated rings. The molecule has 4 heteroatoms. The number of thioether (sulfide) groups is 1. The molecule has 0 saturated carbocycles. The molecule has 84 valence electrons. The van der Waals surface area contributed by atoms with Crippen LogP contribution in [0.3, 0.4) is 0 Å². The Bertz CT molecular complexity index is 454. The monoisotopic (exact) mass is 269 g/mol. The van der Waals surface area contributed by atoms with Crippen molar-refractivity contribution >= 4 is 34.7 Å². The van der Waals surface area contributed by atoms with Gasteiger partial charge in [0.25, 0.3) is 0 Å². The van der Waals surface area contributed by atoms with Crippen molar-refractivity contribution in [2.75, 3.05) is 0 Å². The van der Waals surface area contributed by atoms with E-state index in [1.165, 1.54) is 4.21 Å². The predicted molar refractivity (Wildman–Crippen MR) is 73.2 cm³/mol. The maximum atomic E-state index is 6.18. The first-order valence-corrected chi connectivity index (χ1v) is 7.17. The molecule has 0 radical (unpaired) electrons. The summed E-state index contributed by atoms with van der Waals surface area (Å²) >= 11 is 9.75. The normalized spacial score (nSPS) is 10.6. The van der Waals surface area contributed by atoms with Crippen molar-refractivity contribution in [2.45, 2.75) is 16.5 Å². The largest absolute Gasteiger partial charge is 0.326 e. The molecule has 2 rings (SSSR count). The molecule has 16 heavy (non-hydrogen) atoms. The van der Waals surface area contributed by atoms with Gasteiger partial charge in [-0.2, -0.15) is 0 Å². The van der Waals surface area contributed by atoms with E-state index in [0.717, 1.165) is 21.9 Å². The van der Waals surface area contributed by atoms with Crippen LogP contribution in [0.4, 0.5) is 0 Å². The maximum Gasteiger partial charge on any atom is 0.0601 e. The Morgan fingerprint density at radius 1 is 1.31 bits per heavy atom. The van der Waals surface area contributed by atoms with Gasteiger partial charge < -0.3 is 5.73 Å². The van der Waals surface area contributed by atoms with E-state index >= 15 is 0 Å². The second-order valence-electron chi connectivity index (χ2n) is 3.35. The van der Waals surface area contributed by atoms with Gasteiger partial charge in [0.05, 0.1) is 4.21 Å². The van der Waals surface area contributed by atoms with Crippen LogP contribution < -0.4 is 5.73 Å². The molecule has 1 aromatic heterocycles. The number of hydrogen-bond donors (Lipinski definition) is 1. The lowest BCUT2D eigenvalue weighted by atomic mass is 10.1. The van der Waals surface area contributed by atoms with Crippen LogP contribution in [0.2, 0.25) is 5.02 Å². The standard InChI is InChI=1S/C12H12ClNS2/c13-11-6-9(7-14)3-4-10(11)8-16-12-2-1-5-15-12/h1-6H,7-8,14H2. The third kappa shape index (κ3) is 3.01. The van der Waals surface area contributed by atoms with Gasteiger partial charge in [0, 0.05) is 17.3 Å². The fourth-order valence-electron chi connectivity index (χ4n) is 1.33. The summed E-state index contributed by atoms with van der Waals surface area (Å²) in [7, 11) is 0. The molecule has 0 aliphatic rings. The molecule has 1 heterocycles. The van der Waals surface area contributed by atoms with Crippen molar-refractivity contribution in [3.05, 3.63) is 51.9 Å². The zero-order valence-corrected chi connectivity index (χ0v) is 11.0. The lowest BCUT2D eigenvalue weighted by molar-refractivity contribution is 1.07. The molecule has 2 aromatic rings. The van der Waals surface area contributed by atoms with E-state index in [4.69, 9.17) is 17.3 Å². The van der Waals surface area contributed by atoms with Gasteiger partial charge in [0.1, 0.15) is 0 Å². The van der Waals surface area contributed by atoms with Gasteiger partial charge in [-0.25, -0.2) is 0 Å². The number of rotatable bonds is 4. The van der Waals surface area contributed by atoms with E-state index in [-0.39, 0.29) is 0 Å². The highest BCUT2D eigenvalue weighted by Crippen LogP contribution is 2.29. The smallest absolute Gasteiger partial charge is 0.0601 e. The highest BCUT2D eigenvalue weighted by Gasteiger charge is 2.03. The molecule has 0 unspecified atom stereocenters. The summed E-state index contributed by atoms with van der Waals surface area (Å²) in [5.41, 5.74) is 7.80. The second-order valence-corrected chi connectivity index (χ2v) is 5.98. The summed E-state index contributed by atoms with van der Waals surface area (Å²) in [5, 5.41) is 2.90. The van der Waals surface area contributed by atoms with E-state index in [1.54, 1.807) is 11.3 Å². The van der Waals surface area contributed by atoms with Crippen LogP contribution in [0, 0.1) is 0 Å². The summed E-state index contributed by atoms with van der Waals surface area (Å²) in [6.45, 7) is 0.540. The van der Waals surface area contributed by atoms with Gasteiger partial charge in [-0.3, -0.25) is 0 Å². The second kappa shape index (κ2) is 5.73. The van der Waals surface area contributed by atoms with Gasteiger partial charge in [0.2, 0.25) is 0 Å².